The Labute approximate surface area is 106 Å². The molecule has 1 aromatic carbocycles. The summed E-state index contributed by atoms with van der Waals surface area (Å²) in [5, 5.41) is 20.6. The Morgan fingerprint density at radius 1 is 1.47 bits per heavy atom. The maximum atomic E-state index is 11.6. The Kier molecular flexibility index (Phi) is 2.46. The van der Waals surface area contributed by atoms with E-state index in [1.54, 1.807) is 4.90 Å². The number of anilines is 1. The molecule has 2 heterocycles. The number of fused-ring (bicyclic) bond motifs is 1. The zero-order chi connectivity index (χ0) is 13.6. The van der Waals surface area contributed by atoms with Gasteiger partial charge in [-0.2, -0.15) is 0 Å². The Morgan fingerprint density at radius 3 is 2.84 bits per heavy atom. The number of aliphatic hydroxyl groups is 1. The normalized spacial score (nSPS) is 15.5. The molecule has 0 unspecified atom stereocenters. The molecule has 0 amide bonds. The van der Waals surface area contributed by atoms with E-state index in [1.807, 2.05) is 0 Å². The molecule has 3 rings (SSSR count). The van der Waals surface area contributed by atoms with Gasteiger partial charge in [0.15, 0.2) is 0 Å². The van der Waals surface area contributed by atoms with Gasteiger partial charge in [-0.1, -0.05) is 0 Å². The van der Waals surface area contributed by atoms with E-state index in [1.165, 1.54) is 18.5 Å². The van der Waals surface area contributed by atoms with Gasteiger partial charge in [0.2, 0.25) is 0 Å². The summed E-state index contributed by atoms with van der Waals surface area (Å²) in [6.07, 6.45) is 0.785. The number of nitrogens with one attached hydrogen (secondary N) is 1. The molecule has 8 heteroatoms. The van der Waals surface area contributed by atoms with Crippen LogP contribution in [-0.4, -0.2) is 39.2 Å². The Bertz CT molecular complexity index is 720. The lowest BCUT2D eigenvalue weighted by Crippen LogP contribution is -2.51. The van der Waals surface area contributed by atoms with Crippen LogP contribution in [0.15, 0.2) is 23.3 Å². The number of nitrogens with zero attached hydrogens (tertiary/aromatic N) is 3. The minimum absolute atomic E-state index is 0.155. The van der Waals surface area contributed by atoms with Crippen LogP contribution in [0.1, 0.15) is 0 Å². The van der Waals surface area contributed by atoms with Gasteiger partial charge in [-0.25, -0.2) is 4.98 Å². The van der Waals surface area contributed by atoms with Crippen molar-refractivity contribution in [2.75, 3.05) is 18.0 Å². The molecule has 0 radical (unpaired) electrons. The molecule has 19 heavy (non-hydrogen) atoms. The van der Waals surface area contributed by atoms with Crippen LogP contribution in [-0.2, 0) is 0 Å². The Morgan fingerprint density at radius 2 is 2.21 bits per heavy atom. The van der Waals surface area contributed by atoms with Crippen LogP contribution in [0.4, 0.5) is 11.4 Å². The number of aromatic amines is 1. The van der Waals surface area contributed by atoms with Gasteiger partial charge in [0, 0.05) is 19.2 Å². The van der Waals surface area contributed by atoms with Crippen molar-refractivity contribution in [3.8, 4) is 0 Å². The fourth-order valence-corrected chi connectivity index (χ4v) is 2.14. The molecule has 1 aliphatic heterocycles. The first-order valence-corrected chi connectivity index (χ1v) is 5.65. The largest absolute Gasteiger partial charge is 0.389 e. The van der Waals surface area contributed by atoms with Crippen LogP contribution in [0.25, 0.3) is 10.9 Å². The summed E-state index contributed by atoms with van der Waals surface area (Å²) in [5.41, 5.74) is 0.202. The number of benzene rings is 1. The number of β-amino-alcohol motifs (C(OH)–C–C–N with tert-alkyl or cyclic N) is 1. The van der Waals surface area contributed by atoms with E-state index in [-0.39, 0.29) is 11.1 Å². The molecule has 0 spiro atoms. The quantitative estimate of drug-likeness (QED) is 0.582. The number of nitro groups is 1. The van der Waals surface area contributed by atoms with Crippen molar-refractivity contribution in [1.29, 1.82) is 0 Å². The Hall–Kier alpha value is -2.48. The maximum Gasteiger partial charge on any atom is 0.293 e. The molecular weight excluding hydrogens is 252 g/mol. The molecule has 1 aliphatic rings. The maximum absolute atomic E-state index is 11.6. The standard InChI is InChI=1S/C11H10N4O4/c16-6-3-14(4-6)9-2-8-7(1-10(9)15(18)19)11(17)13-5-12-8/h1-2,5-6,16H,3-4H2,(H,12,13,17). The van der Waals surface area contributed by atoms with E-state index in [0.717, 1.165) is 0 Å². The number of nitro benzene ring substituents is 1. The molecule has 1 fully saturated rings. The molecule has 1 saturated heterocycles. The van der Waals surface area contributed by atoms with E-state index < -0.39 is 16.6 Å². The highest BCUT2D eigenvalue weighted by Gasteiger charge is 2.30. The van der Waals surface area contributed by atoms with Crippen molar-refractivity contribution < 1.29 is 10.0 Å². The second kappa shape index (κ2) is 4.02. The number of rotatable bonds is 2. The summed E-state index contributed by atoms with van der Waals surface area (Å²) in [4.78, 5) is 30.2. The second-order valence-corrected chi connectivity index (χ2v) is 4.41. The summed E-state index contributed by atoms with van der Waals surface area (Å²) in [6.45, 7) is 0.686. The third-order valence-corrected chi connectivity index (χ3v) is 3.14. The van der Waals surface area contributed by atoms with E-state index in [0.29, 0.717) is 24.3 Å². The third-order valence-electron chi connectivity index (χ3n) is 3.14. The first kappa shape index (κ1) is 11.6. The van der Waals surface area contributed by atoms with E-state index >= 15 is 0 Å². The molecular formula is C11H10N4O4. The molecule has 1 aromatic heterocycles. The predicted molar refractivity (Wildman–Crippen MR) is 67.2 cm³/mol. The summed E-state index contributed by atoms with van der Waals surface area (Å²) >= 11 is 0. The highest BCUT2D eigenvalue weighted by Crippen LogP contribution is 2.33. The monoisotopic (exact) mass is 262 g/mol. The summed E-state index contributed by atoms with van der Waals surface area (Å²) in [6, 6.07) is 2.73. The van der Waals surface area contributed by atoms with Gasteiger partial charge >= 0.3 is 0 Å². The topological polar surface area (TPSA) is 112 Å². The lowest BCUT2D eigenvalue weighted by Gasteiger charge is -2.37. The van der Waals surface area contributed by atoms with Gasteiger partial charge in [0.1, 0.15) is 5.69 Å². The average molecular weight is 262 g/mol. The zero-order valence-electron chi connectivity index (χ0n) is 9.74. The fourth-order valence-electron chi connectivity index (χ4n) is 2.14. The molecule has 98 valence electrons. The molecule has 2 N–H and O–H groups in total. The van der Waals surface area contributed by atoms with Gasteiger partial charge in [0.05, 0.1) is 28.3 Å². The van der Waals surface area contributed by atoms with Crippen molar-refractivity contribution in [3.05, 3.63) is 38.9 Å². The molecule has 0 atom stereocenters. The van der Waals surface area contributed by atoms with Crippen molar-refractivity contribution >= 4 is 22.3 Å². The van der Waals surface area contributed by atoms with Gasteiger partial charge in [0.25, 0.3) is 11.2 Å². The third kappa shape index (κ3) is 1.82. The lowest BCUT2D eigenvalue weighted by atomic mass is 10.1. The first-order chi connectivity index (χ1) is 9.06. The number of H-pyrrole nitrogens is 1. The fraction of sp³-hybridized carbons (Fsp3) is 0.273. The number of hydrogen-bond acceptors (Lipinski definition) is 6. The van der Waals surface area contributed by atoms with Crippen LogP contribution < -0.4 is 10.5 Å². The summed E-state index contributed by atoms with van der Waals surface area (Å²) < 4.78 is 0. The van der Waals surface area contributed by atoms with Gasteiger partial charge in [-0.3, -0.25) is 14.9 Å². The predicted octanol–water partition coefficient (Wildman–Crippen LogP) is 0.0122. The van der Waals surface area contributed by atoms with Crippen LogP contribution >= 0.6 is 0 Å². The van der Waals surface area contributed by atoms with Crippen LogP contribution in [0, 0.1) is 10.1 Å². The van der Waals surface area contributed by atoms with Gasteiger partial charge < -0.3 is 15.0 Å². The zero-order valence-corrected chi connectivity index (χ0v) is 9.74. The van der Waals surface area contributed by atoms with Crippen molar-refractivity contribution in [1.82, 2.24) is 9.97 Å². The lowest BCUT2D eigenvalue weighted by molar-refractivity contribution is -0.384. The highest BCUT2D eigenvalue weighted by molar-refractivity contribution is 5.87. The number of hydrogen-bond donors (Lipinski definition) is 2. The molecule has 2 aromatic rings. The second-order valence-electron chi connectivity index (χ2n) is 4.41. The van der Waals surface area contributed by atoms with Crippen molar-refractivity contribution in [2.24, 2.45) is 0 Å². The van der Waals surface area contributed by atoms with E-state index in [4.69, 9.17) is 0 Å². The van der Waals surface area contributed by atoms with Crippen LogP contribution in [0.2, 0.25) is 0 Å². The minimum Gasteiger partial charge on any atom is -0.389 e. The number of aromatic nitrogens is 2. The van der Waals surface area contributed by atoms with Gasteiger partial charge in [-0.15, -0.1) is 0 Å². The van der Waals surface area contributed by atoms with E-state index in [2.05, 4.69) is 9.97 Å². The Balaban J connectivity index is 2.22. The van der Waals surface area contributed by atoms with Crippen molar-refractivity contribution in [3.63, 3.8) is 0 Å². The highest BCUT2D eigenvalue weighted by atomic mass is 16.6. The molecule has 0 aliphatic carbocycles. The average Bonchev–Trinajstić information content (AvgIpc) is 2.34. The van der Waals surface area contributed by atoms with Crippen LogP contribution in [0.3, 0.4) is 0 Å². The van der Waals surface area contributed by atoms with Crippen LogP contribution in [0.5, 0.6) is 0 Å². The molecule has 0 bridgehead atoms. The first-order valence-electron chi connectivity index (χ1n) is 5.65. The van der Waals surface area contributed by atoms with Gasteiger partial charge in [-0.05, 0) is 6.07 Å². The SMILES string of the molecule is O=c1[nH]cnc2cc(N3CC(O)C3)c([N+](=O)[O-])cc12. The smallest absolute Gasteiger partial charge is 0.293 e. The minimum atomic E-state index is -0.536. The number of aliphatic hydroxyl groups excluding tert-OH is 1. The summed E-state index contributed by atoms with van der Waals surface area (Å²) in [5.74, 6) is 0. The van der Waals surface area contributed by atoms with E-state index in [9.17, 15) is 20.0 Å². The molecule has 8 nitrogen and oxygen atoms in total. The summed E-state index contributed by atoms with van der Waals surface area (Å²) in [7, 11) is 0. The van der Waals surface area contributed by atoms with Crippen molar-refractivity contribution in [2.45, 2.75) is 6.10 Å². The molecule has 0 saturated carbocycles.